The van der Waals surface area contributed by atoms with Crippen LogP contribution in [-0.4, -0.2) is 54.3 Å². The number of carbonyl (C=O) groups excluding carboxylic acids is 1. The van der Waals surface area contributed by atoms with E-state index in [1.54, 1.807) is 4.90 Å². The van der Waals surface area contributed by atoms with Gasteiger partial charge < -0.3 is 9.64 Å². The van der Waals surface area contributed by atoms with Gasteiger partial charge in [-0.3, -0.25) is 14.9 Å². The van der Waals surface area contributed by atoms with Crippen molar-refractivity contribution in [1.82, 2.24) is 4.90 Å². The molecule has 1 amide bonds. The molecule has 1 fully saturated rings. The van der Waals surface area contributed by atoms with Crippen LogP contribution in [0.5, 0.6) is 5.75 Å². The first-order valence-corrected chi connectivity index (χ1v) is 9.94. The lowest BCUT2D eigenvalue weighted by atomic mass is 10.1. The molecule has 1 aromatic rings. The molecule has 0 aliphatic carbocycles. The van der Waals surface area contributed by atoms with Crippen molar-refractivity contribution in [3.8, 4) is 5.75 Å². The Morgan fingerprint density at radius 2 is 2.04 bits per heavy atom. The summed E-state index contributed by atoms with van der Waals surface area (Å²) in [7, 11) is -3.09. The Balaban J connectivity index is 2.03. The molecule has 1 aliphatic heterocycles. The van der Waals surface area contributed by atoms with Crippen LogP contribution in [0.3, 0.4) is 0 Å². The molecule has 1 aromatic carbocycles. The summed E-state index contributed by atoms with van der Waals surface area (Å²) in [6, 6.07) is 5.04. The monoisotopic (exact) mass is 370 g/mol. The quantitative estimate of drug-likeness (QED) is 0.535. The predicted octanol–water partition coefficient (Wildman–Crippen LogP) is 1.79. The van der Waals surface area contributed by atoms with Gasteiger partial charge in [0.1, 0.15) is 5.75 Å². The fourth-order valence-corrected chi connectivity index (χ4v) is 4.60. The maximum absolute atomic E-state index is 12.6. The van der Waals surface area contributed by atoms with Gasteiger partial charge in [0.25, 0.3) is 11.6 Å². The molecule has 1 saturated heterocycles. The molecule has 0 saturated carbocycles. The highest BCUT2D eigenvalue weighted by Gasteiger charge is 2.36. The van der Waals surface area contributed by atoms with E-state index in [2.05, 4.69) is 0 Å². The van der Waals surface area contributed by atoms with Crippen LogP contribution >= 0.6 is 0 Å². The Morgan fingerprint density at radius 1 is 1.40 bits per heavy atom. The maximum atomic E-state index is 12.6. The number of nitrogens with zero attached hydrogens (tertiary/aromatic N) is 2. The van der Waals surface area contributed by atoms with Crippen LogP contribution in [0.25, 0.3) is 0 Å². The van der Waals surface area contributed by atoms with Crippen molar-refractivity contribution in [3.63, 3.8) is 0 Å². The number of ether oxygens (including phenoxy) is 1. The van der Waals surface area contributed by atoms with E-state index >= 15 is 0 Å². The summed E-state index contributed by atoms with van der Waals surface area (Å²) in [6.07, 6.45) is 1.15. The summed E-state index contributed by atoms with van der Waals surface area (Å²) in [5, 5.41) is 10.6. The molecule has 8 nitrogen and oxygen atoms in total. The first-order chi connectivity index (χ1) is 11.7. The second-order valence-electron chi connectivity index (χ2n) is 6.15. The topological polar surface area (TPSA) is 107 Å². The maximum Gasteiger partial charge on any atom is 0.269 e. The number of nitro groups is 1. The normalized spacial score (nSPS) is 20.0. The minimum atomic E-state index is -3.09. The fourth-order valence-electron chi connectivity index (χ4n) is 2.88. The van der Waals surface area contributed by atoms with Gasteiger partial charge in [-0.2, -0.15) is 0 Å². The van der Waals surface area contributed by atoms with E-state index in [1.807, 2.05) is 13.8 Å². The lowest BCUT2D eigenvalue weighted by Crippen LogP contribution is -2.48. The number of hydrogen-bond donors (Lipinski definition) is 0. The van der Waals surface area contributed by atoms with Gasteiger partial charge in [0.2, 0.25) is 0 Å². The molecule has 138 valence electrons. The summed E-state index contributed by atoms with van der Waals surface area (Å²) < 4.78 is 28.9. The van der Waals surface area contributed by atoms with Crippen LogP contribution in [0.2, 0.25) is 0 Å². The lowest BCUT2D eigenvalue weighted by Gasteiger charge is -2.33. The molecule has 0 unspecified atom stereocenters. The van der Waals surface area contributed by atoms with Crippen molar-refractivity contribution in [2.24, 2.45) is 0 Å². The van der Waals surface area contributed by atoms with Gasteiger partial charge in [-0.1, -0.05) is 6.92 Å². The van der Waals surface area contributed by atoms with Gasteiger partial charge in [0.05, 0.1) is 16.4 Å². The average molecular weight is 370 g/mol. The van der Waals surface area contributed by atoms with E-state index < -0.39 is 14.8 Å². The van der Waals surface area contributed by atoms with Gasteiger partial charge in [-0.25, -0.2) is 8.42 Å². The number of nitro benzene ring substituents is 1. The molecule has 2 atom stereocenters. The smallest absolute Gasteiger partial charge is 0.269 e. The van der Waals surface area contributed by atoms with Crippen molar-refractivity contribution >= 4 is 21.4 Å². The van der Waals surface area contributed by atoms with E-state index in [4.69, 9.17) is 4.74 Å². The second-order valence-corrected chi connectivity index (χ2v) is 8.38. The second kappa shape index (κ2) is 7.81. The first-order valence-electron chi connectivity index (χ1n) is 8.12. The number of benzene rings is 1. The number of non-ortho nitro benzene ring substituents is 1. The van der Waals surface area contributed by atoms with Gasteiger partial charge in [0.15, 0.2) is 16.4 Å². The fraction of sp³-hybridized carbons (Fsp3) is 0.562. The van der Waals surface area contributed by atoms with Crippen molar-refractivity contribution in [3.05, 3.63) is 34.4 Å². The average Bonchev–Trinajstić information content (AvgIpc) is 2.92. The number of amides is 1. The Morgan fingerprint density at radius 3 is 2.52 bits per heavy atom. The molecule has 1 heterocycles. The van der Waals surface area contributed by atoms with Gasteiger partial charge >= 0.3 is 0 Å². The Labute approximate surface area is 146 Å². The van der Waals surface area contributed by atoms with Gasteiger partial charge in [0, 0.05) is 24.2 Å². The van der Waals surface area contributed by atoms with Gasteiger partial charge in [-0.05, 0) is 31.9 Å². The lowest BCUT2D eigenvalue weighted by molar-refractivity contribution is -0.384. The van der Waals surface area contributed by atoms with E-state index in [1.165, 1.54) is 24.3 Å². The molecular formula is C16H22N2O6S. The minimum absolute atomic E-state index is 0.0133. The molecule has 0 bridgehead atoms. The molecule has 0 N–H and O–H groups in total. The molecule has 1 aliphatic rings. The van der Waals surface area contributed by atoms with Crippen molar-refractivity contribution < 1.29 is 22.9 Å². The van der Waals surface area contributed by atoms with Crippen molar-refractivity contribution in [1.29, 1.82) is 0 Å². The molecular weight excluding hydrogens is 348 g/mol. The Hall–Kier alpha value is -2.16. The zero-order valence-electron chi connectivity index (χ0n) is 14.3. The highest BCUT2D eigenvalue weighted by Crippen LogP contribution is 2.22. The summed E-state index contributed by atoms with van der Waals surface area (Å²) in [5.41, 5.74) is -0.0592. The van der Waals surface area contributed by atoms with E-state index in [0.717, 1.165) is 0 Å². The molecule has 0 spiro atoms. The summed E-state index contributed by atoms with van der Waals surface area (Å²) in [5.74, 6) is 0.152. The van der Waals surface area contributed by atoms with Crippen LogP contribution < -0.4 is 4.74 Å². The third kappa shape index (κ3) is 4.91. The number of hydrogen-bond acceptors (Lipinski definition) is 6. The SMILES string of the molecule is CC[C@@H](C)N(C(=O)COc1ccc([N+](=O)[O-])cc1)[C@H]1CCS(=O)(=O)C1. The van der Waals surface area contributed by atoms with Crippen molar-refractivity contribution in [2.45, 2.75) is 38.8 Å². The molecule has 25 heavy (non-hydrogen) atoms. The summed E-state index contributed by atoms with van der Waals surface area (Å²) in [6.45, 7) is 3.58. The third-order valence-corrected chi connectivity index (χ3v) is 6.12. The zero-order chi connectivity index (χ0) is 18.6. The van der Waals surface area contributed by atoms with E-state index in [-0.39, 0.29) is 41.8 Å². The Bertz CT molecular complexity index is 731. The van der Waals surface area contributed by atoms with E-state index in [0.29, 0.717) is 18.6 Å². The molecule has 2 rings (SSSR count). The largest absolute Gasteiger partial charge is 0.484 e. The first kappa shape index (κ1) is 19.2. The highest BCUT2D eigenvalue weighted by atomic mass is 32.2. The molecule has 0 aromatic heterocycles. The van der Waals surface area contributed by atoms with Crippen LogP contribution in [-0.2, 0) is 14.6 Å². The third-order valence-electron chi connectivity index (χ3n) is 4.37. The Kier molecular flexibility index (Phi) is 5.99. The van der Waals surface area contributed by atoms with Crippen molar-refractivity contribution in [2.75, 3.05) is 18.1 Å². The highest BCUT2D eigenvalue weighted by molar-refractivity contribution is 7.91. The van der Waals surface area contributed by atoms with Gasteiger partial charge in [-0.15, -0.1) is 0 Å². The summed E-state index contributed by atoms with van der Waals surface area (Å²) >= 11 is 0. The molecule has 9 heteroatoms. The zero-order valence-corrected chi connectivity index (χ0v) is 15.1. The summed E-state index contributed by atoms with van der Waals surface area (Å²) in [4.78, 5) is 24.3. The standard InChI is InChI=1S/C16H22N2O6S/c1-3-12(2)17(14-8-9-25(22,23)11-14)16(19)10-24-15-6-4-13(5-7-15)18(20)21/h4-7,12,14H,3,8-11H2,1-2H3/t12-,14+/m1/s1. The predicted molar refractivity (Wildman–Crippen MR) is 92.2 cm³/mol. The van der Waals surface area contributed by atoms with Crippen LogP contribution in [0, 0.1) is 10.1 Å². The number of carbonyl (C=O) groups is 1. The number of rotatable bonds is 7. The van der Waals surface area contributed by atoms with Crippen LogP contribution in [0.15, 0.2) is 24.3 Å². The number of sulfone groups is 1. The minimum Gasteiger partial charge on any atom is -0.484 e. The molecule has 0 radical (unpaired) electrons. The van der Waals surface area contributed by atoms with Crippen LogP contribution in [0.4, 0.5) is 5.69 Å². The van der Waals surface area contributed by atoms with Crippen LogP contribution in [0.1, 0.15) is 26.7 Å². The van der Waals surface area contributed by atoms with E-state index in [9.17, 15) is 23.3 Å².